The molecule has 8 heteroatoms. The first-order chi connectivity index (χ1) is 12.8. The largest absolute Gasteiger partial charge is 0.457 e. The molecular formula is C19H16N2O5S. The Kier molecular flexibility index (Phi) is 5.09. The van der Waals surface area contributed by atoms with E-state index in [1.165, 1.54) is 12.1 Å². The molecule has 3 rings (SSSR count). The lowest BCUT2D eigenvalue weighted by atomic mass is 10.2. The third-order valence-corrected chi connectivity index (χ3v) is 5.15. The number of hydrogen-bond donors (Lipinski definition) is 1. The summed E-state index contributed by atoms with van der Waals surface area (Å²) in [5.74, 6) is 1.22. The average Bonchev–Trinajstić information content (AvgIpc) is 2.64. The van der Waals surface area contributed by atoms with Gasteiger partial charge in [0.1, 0.15) is 11.5 Å². The minimum absolute atomic E-state index is 0.176. The second-order valence-corrected chi connectivity index (χ2v) is 7.43. The minimum Gasteiger partial charge on any atom is -0.457 e. The summed E-state index contributed by atoms with van der Waals surface area (Å²) < 4.78 is 33.1. The van der Waals surface area contributed by atoms with Crippen LogP contribution in [0.1, 0.15) is 5.56 Å². The van der Waals surface area contributed by atoms with Crippen molar-refractivity contribution in [3.05, 3.63) is 88.5 Å². The third kappa shape index (κ3) is 4.42. The molecule has 0 spiro atoms. The Morgan fingerprint density at radius 3 is 2.19 bits per heavy atom. The number of nitrogens with zero attached hydrogens (tertiary/aromatic N) is 1. The molecule has 0 bridgehead atoms. The molecule has 0 saturated carbocycles. The van der Waals surface area contributed by atoms with Crippen molar-refractivity contribution in [3.63, 3.8) is 0 Å². The Morgan fingerprint density at radius 1 is 0.926 bits per heavy atom. The van der Waals surface area contributed by atoms with Crippen LogP contribution < -0.4 is 9.46 Å². The van der Waals surface area contributed by atoms with Crippen LogP contribution in [0.2, 0.25) is 0 Å². The van der Waals surface area contributed by atoms with E-state index in [2.05, 4.69) is 4.72 Å². The molecule has 0 amide bonds. The predicted molar refractivity (Wildman–Crippen MR) is 102 cm³/mol. The Morgan fingerprint density at radius 2 is 1.56 bits per heavy atom. The summed E-state index contributed by atoms with van der Waals surface area (Å²) in [4.78, 5) is 10.2. The van der Waals surface area contributed by atoms with E-state index in [9.17, 15) is 18.5 Å². The van der Waals surface area contributed by atoms with Crippen molar-refractivity contribution in [1.29, 1.82) is 0 Å². The summed E-state index contributed by atoms with van der Waals surface area (Å²) >= 11 is 0. The van der Waals surface area contributed by atoms with Gasteiger partial charge in [-0.1, -0.05) is 24.3 Å². The van der Waals surface area contributed by atoms with Crippen LogP contribution in [0.3, 0.4) is 0 Å². The van der Waals surface area contributed by atoms with Crippen molar-refractivity contribution in [2.45, 2.75) is 11.8 Å². The van der Waals surface area contributed by atoms with Crippen molar-refractivity contribution in [2.75, 3.05) is 4.72 Å². The zero-order chi connectivity index (χ0) is 19.4. The fraction of sp³-hybridized carbons (Fsp3) is 0.0526. The Balaban J connectivity index is 1.78. The fourth-order valence-corrected chi connectivity index (χ4v) is 3.46. The summed E-state index contributed by atoms with van der Waals surface area (Å²) in [7, 11) is -3.95. The molecule has 0 saturated heterocycles. The van der Waals surface area contributed by atoms with Crippen LogP contribution in [0.15, 0.2) is 77.7 Å². The number of rotatable bonds is 6. The summed E-state index contributed by atoms with van der Waals surface area (Å²) in [6.45, 7) is 1.55. The van der Waals surface area contributed by atoms with Crippen LogP contribution >= 0.6 is 0 Å². The first-order valence-corrected chi connectivity index (χ1v) is 9.44. The summed E-state index contributed by atoms with van der Waals surface area (Å²) in [5.41, 5.74) is 0.462. The SMILES string of the molecule is Cc1ccc(S(=O)(=O)Nc2ccc(Oc3ccccc3)cc2)cc1[N+](=O)[O-]. The van der Waals surface area contributed by atoms with Gasteiger partial charge in [-0.25, -0.2) is 8.42 Å². The molecule has 3 aromatic carbocycles. The number of nitro benzene ring substituents is 1. The van der Waals surface area contributed by atoms with Gasteiger partial charge in [0.15, 0.2) is 0 Å². The molecule has 1 N–H and O–H groups in total. The van der Waals surface area contributed by atoms with Crippen molar-refractivity contribution in [2.24, 2.45) is 0 Å². The van der Waals surface area contributed by atoms with Gasteiger partial charge in [0.25, 0.3) is 15.7 Å². The van der Waals surface area contributed by atoms with E-state index in [-0.39, 0.29) is 10.6 Å². The molecule has 27 heavy (non-hydrogen) atoms. The van der Waals surface area contributed by atoms with Crippen molar-refractivity contribution < 1.29 is 18.1 Å². The number of sulfonamides is 1. The Hall–Kier alpha value is -3.39. The van der Waals surface area contributed by atoms with E-state index in [0.717, 1.165) is 6.07 Å². The Labute approximate surface area is 156 Å². The van der Waals surface area contributed by atoms with E-state index in [4.69, 9.17) is 4.74 Å². The van der Waals surface area contributed by atoms with Crippen molar-refractivity contribution in [3.8, 4) is 11.5 Å². The van der Waals surface area contributed by atoms with Gasteiger partial charge < -0.3 is 4.74 Å². The maximum Gasteiger partial charge on any atom is 0.273 e. The maximum absolute atomic E-state index is 12.5. The number of nitro groups is 1. The molecule has 3 aromatic rings. The van der Waals surface area contributed by atoms with Crippen LogP contribution in [0.5, 0.6) is 11.5 Å². The zero-order valence-electron chi connectivity index (χ0n) is 14.3. The van der Waals surface area contributed by atoms with Crippen LogP contribution in [-0.2, 0) is 10.0 Å². The number of anilines is 1. The molecule has 0 radical (unpaired) electrons. The van der Waals surface area contributed by atoms with E-state index in [0.29, 0.717) is 22.7 Å². The van der Waals surface area contributed by atoms with Gasteiger partial charge >= 0.3 is 0 Å². The van der Waals surface area contributed by atoms with Gasteiger partial charge in [0.2, 0.25) is 0 Å². The molecule has 0 aliphatic rings. The first-order valence-electron chi connectivity index (χ1n) is 7.96. The summed E-state index contributed by atoms with van der Waals surface area (Å²) in [6, 6.07) is 19.3. The van der Waals surface area contributed by atoms with E-state index in [1.54, 1.807) is 43.3 Å². The molecule has 0 unspecified atom stereocenters. The first kappa shape index (κ1) is 18.4. The molecule has 0 aliphatic heterocycles. The van der Waals surface area contributed by atoms with Crippen LogP contribution in [0.25, 0.3) is 0 Å². The van der Waals surface area contributed by atoms with Gasteiger partial charge in [-0.3, -0.25) is 14.8 Å². The van der Waals surface area contributed by atoms with Gasteiger partial charge in [-0.2, -0.15) is 0 Å². The molecule has 0 heterocycles. The molecule has 0 fully saturated rings. The quantitative estimate of drug-likeness (QED) is 0.498. The van der Waals surface area contributed by atoms with Crippen LogP contribution in [-0.4, -0.2) is 13.3 Å². The Bertz CT molecular complexity index is 1070. The molecule has 138 valence electrons. The van der Waals surface area contributed by atoms with E-state index < -0.39 is 14.9 Å². The predicted octanol–water partition coefficient (Wildman–Crippen LogP) is 4.50. The topological polar surface area (TPSA) is 98.5 Å². The van der Waals surface area contributed by atoms with Gasteiger partial charge in [-0.05, 0) is 49.4 Å². The van der Waals surface area contributed by atoms with E-state index >= 15 is 0 Å². The molecule has 0 atom stereocenters. The minimum atomic E-state index is -3.95. The highest BCUT2D eigenvalue weighted by molar-refractivity contribution is 7.92. The summed E-state index contributed by atoms with van der Waals surface area (Å²) in [5, 5.41) is 11.0. The second-order valence-electron chi connectivity index (χ2n) is 5.75. The van der Waals surface area contributed by atoms with E-state index in [1.807, 2.05) is 18.2 Å². The lowest BCUT2D eigenvalue weighted by Crippen LogP contribution is -2.13. The van der Waals surface area contributed by atoms with Gasteiger partial charge in [-0.15, -0.1) is 0 Å². The molecule has 7 nitrogen and oxygen atoms in total. The van der Waals surface area contributed by atoms with Crippen LogP contribution in [0.4, 0.5) is 11.4 Å². The maximum atomic E-state index is 12.5. The smallest absolute Gasteiger partial charge is 0.273 e. The lowest BCUT2D eigenvalue weighted by molar-refractivity contribution is -0.385. The standard InChI is InChI=1S/C19H16N2O5S/c1-14-7-12-18(13-19(14)21(22)23)27(24,25)20-15-8-10-17(11-9-15)26-16-5-3-2-4-6-16/h2-13,20H,1H3. The number of benzene rings is 3. The molecule has 0 aliphatic carbocycles. The average molecular weight is 384 g/mol. The second kappa shape index (κ2) is 7.46. The fourth-order valence-electron chi connectivity index (χ4n) is 2.38. The number of ether oxygens (including phenoxy) is 1. The number of aryl methyl sites for hydroxylation is 1. The number of para-hydroxylation sites is 1. The zero-order valence-corrected chi connectivity index (χ0v) is 15.1. The highest BCUT2D eigenvalue weighted by Crippen LogP contribution is 2.26. The molecule has 0 aromatic heterocycles. The van der Waals surface area contributed by atoms with Crippen molar-refractivity contribution in [1.82, 2.24) is 0 Å². The van der Waals surface area contributed by atoms with Gasteiger partial charge in [0, 0.05) is 17.3 Å². The monoisotopic (exact) mass is 384 g/mol. The third-order valence-electron chi connectivity index (χ3n) is 3.77. The number of nitrogens with one attached hydrogen (secondary N) is 1. The molecular weight excluding hydrogens is 368 g/mol. The normalized spacial score (nSPS) is 11.0. The highest BCUT2D eigenvalue weighted by Gasteiger charge is 2.20. The van der Waals surface area contributed by atoms with Crippen LogP contribution in [0, 0.1) is 17.0 Å². The van der Waals surface area contributed by atoms with Gasteiger partial charge in [0.05, 0.1) is 9.82 Å². The number of hydrogen-bond acceptors (Lipinski definition) is 5. The summed E-state index contributed by atoms with van der Waals surface area (Å²) in [6.07, 6.45) is 0. The lowest BCUT2D eigenvalue weighted by Gasteiger charge is -2.10. The highest BCUT2D eigenvalue weighted by atomic mass is 32.2. The van der Waals surface area contributed by atoms with Crippen molar-refractivity contribution >= 4 is 21.4 Å².